The molecule has 0 radical (unpaired) electrons. The minimum absolute atomic E-state index is 0.528. The Hall–Kier alpha value is -7.37. The lowest BCUT2D eigenvalue weighted by molar-refractivity contribution is 1.07. The zero-order chi connectivity index (χ0) is 38.6. The maximum atomic E-state index is 9.55. The molecule has 7 heteroatoms. The highest BCUT2D eigenvalue weighted by Gasteiger charge is 2.17. The van der Waals surface area contributed by atoms with Crippen LogP contribution in [0.15, 0.2) is 176 Å². The Bertz CT molecular complexity index is 3280. The highest BCUT2D eigenvalue weighted by Crippen LogP contribution is 2.41. The van der Waals surface area contributed by atoms with E-state index in [0.717, 1.165) is 50.1 Å². The number of nitrogens with zero attached hydrogens (tertiary/aromatic N) is 5. The highest BCUT2D eigenvalue weighted by molar-refractivity contribution is 7.26. The Morgan fingerprint density at radius 3 is 1.45 bits per heavy atom. The fourth-order valence-electron chi connectivity index (χ4n) is 7.73. The molecule has 0 bridgehead atoms. The molecule has 0 unspecified atom stereocenters. The molecule has 0 aliphatic rings. The predicted molar refractivity (Wildman–Crippen MR) is 241 cm³/mol. The number of hydrogen-bond donors (Lipinski definition) is 0. The van der Waals surface area contributed by atoms with Gasteiger partial charge in [-0.25, -0.2) is 15.0 Å². The molecule has 58 heavy (non-hydrogen) atoms. The van der Waals surface area contributed by atoms with Crippen LogP contribution >= 0.6 is 22.7 Å². The molecule has 0 N–H and O–H groups in total. The van der Waals surface area contributed by atoms with Crippen molar-refractivity contribution in [1.29, 1.82) is 5.26 Å². The largest absolute Gasteiger partial charge is 0.264 e. The number of aromatic nitrogens is 4. The van der Waals surface area contributed by atoms with Gasteiger partial charge in [0.1, 0.15) is 0 Å². The summed E-state index contributed by atoms with van der Waals surface area (Å²) in [5.41, 5.74) is 9.51. The third-order valence-corrected chi connectivity index (χ3v) is 12.9. The van der Waals surface area contributed by atoms with Crippen molar-refractivity contribution in [1.82, 2.24) is 19.9 Å². The van der Waals surface area contributed by atoms with Gasteiger partial charge in [0, 0.05) is 75.0 Å². The van der Waals surface area contributed by atoms with Crippen molar-refractivity contribution in [2.24, 2.45) is 0 Å². The van der Waals surface area contributed by atoms with E-state index >= 15 is 0 Å². The maximum Gasteiger partial charge on any atom is 0.164 e. The van der Waals surface area contributed by atoms with Crippen LogP contribution in [0.5, 0.6) is 0 Å². The molecule has 4 heterocycles. The third-order valence-electron chi connectivity index (χ3n) is 10.6. The zero-order valence-electron chi connectivity index (χ0n) is 30.8. The van der Waals surface area contributed by atoms with E-state index in [2.05, 4.69) is 126 Å². The number of benzene rings is 7. The predicted octanol–water partition coefficient (Wildman–Crippen LogP) is 13.9. The number of fused-ring (bicyclic) bond motifs is 6. The molecule has 0 saturated heterocycles. The Morgan fingerprint density at radius 1 is 0.362 bits per heavy atom. The number of nitriles is 1. The smallest absolute Gasteiger partial charge is 0.164 e. The number of hydrogen-bond acceptors (Lipinski definition) is 7. The van der Waals surface area contributed by atoms with E-state index in [4.69, 9.17) is 15.0 Å². The Morgan fingerprint density at radius 2 is 0.845 bits per heavy atom. The van der Waals surface area contributed by atoms with E-state index < -0.39 is 0 Å². The second-order valence-corrected chi connectivity index (χ2v) is 16.4. The molecule has 0 spiro atoms. The normalized spacial score (nSPS) is 11.4. The molecular weight excluding hydrogens is 747 g/mol. The minimum atomic E-state index is 0.528. The summed E-state index contributed by atoms with van der Waals surface area (Å²) in [5.74, 6) is 1.64. The van der Waals surface area contributed by atoms with Gasteiger partial charge in [-0.15, -0.1) is 22.7 Å². The molecule has 0 fully saturated rings. The van der Waals surface area contributed by atoms with Crippen molar-refractivity contribution in [3.63, 3.8) is 0 Å². The van der Waals surface area contributed by atoms with Crippen LogP contribution in [0.4, 0.5) is 0 Å². The van der Waals surface area contributed by atoms with Crippen molar-refractivity contribution < 1.29 is 0 Å². The van der Waals surface area contributed by atoms with E-state index in [9.17, 15) is 5.26 Å². The van der Waals surface area contributed by atoms with Crippen LogP contribution in [0.1, 0.15) is 5.56 Å². The van der Waals surface area contributed by atoms with E-state index in [1.807, 2.05) is 65.3 Å². The van der Waals surface area contributed by atoms with E-state index in [0.29, 0.717) is 23.0 Å². The van der Waals surface area contributed by atoms with Crippen LogP contribution in [-0.2, 0) is 0 Å². The molecule has 11 rings (SSSR count). The van der Waals surface area contributed by atoms with Gasteiger partial charge in [0.2, 0.25) is 0 Å². The first kappa shape index (κ1) is 33.9. The molecule has 0 atom stereocenters. The summed E-state index contributed by atoms with van der Waals surface area (Å²) in [4.78, 5) is 19.8. The average Bonchev–Trinajstić information content (AvgIpc) is 3.87. The quantitative estimate of drug-likeness (QED) is 0.168. The lowest BCUT2D eigenvalue weighted by Crippen LogP contribution is -2.01. The first-order valence-corrected chi connectivity index (χ1v) is 20.5. The SMILES string of the molecule is N#Cc1ccc(-c2nc(-c3cccc(-c4cccnc4)c3)nc(-c3cc(-c4ccc5sc6ccccc6c5c4)cc(-c4ccc5sc6ccccc6c5c4)c3)n2)cc1. The summed E-state index contributed by atoms with van der Waals surface area (Å²) in [6, 6.07) is 59.3. The fraction of sp³-hybridized carbons (Fsp3) is 0. The van der Waals surface area contributed by atoms with E-state index in [1.165, 1.54) is 40.3 Å². The van der Waals surface area contributed by atoms with Gasteiger partial charge < -0.3 is 0 Å². The van der Waals surface area contributed by atoms with Gasteiger partial charge in [0.05, 0.1) is 11.6 Å². The highest BCUT2D eigenvalue weighted by atomic mass is 32.1. The van der Waals surface area contributed by atoms with Gasteiger partial charge in [0.25, 0.3) is 0 Å². The standard InChI is InChI=1S/C51H29N5S2/c52-29-31-14-16-32(17-15-31)49-54-50(36-8-5-7-33(23-36)37-9-6-22-53-30-37)56-51(55-49)40-25-38(34-18-20-47-43(27-34)41-10-1-3-12-45(41)57-47)24-39(26-40)35-19-21-48-44(28-35)42-11-2-4-13-46(42)58-48/h1-28,30H. The summed E-state index contributed by atoms with van der Waals surface area (Å²) in [5, 5.41) is 14.6. The summed E-state index contributed by atoms with van der Waals surface area (Å²) < 4.78 is 5.08. The van der Waals surface area contributed by atoms with Gasteiger partial charge in [-0.1, -0.05) is 72.8 Å². The summed E-state index contributed by atoms with van der Waals surface area (Å²) >= 11 is 3.64. The monoisotopic (exact) mass is 775 g/mol. The van der Waals surface area contributed by atoms with Gasteiger partial charge in [-0.05, 0) is 119 Å². The van der Waals surface area contributed by atoms with Gasteiger partial charge >= 0.3 is 0 Å². The first-order valence-electron chi connectivity index (χ1n) is 18.9. The number of thiophene rings is 2. The molecule has 0 saturated carbocycles. The summed E-state index contributed by atoms with van der Waals surface area (Å²) in [6.45, 7) is 0. The molecule has 4 aromatic heterocycles. The van der Waals surface area contributed by atoms with Gasteiger partial charge in [-0.3, -0.25) is 4.98 Å². The second-order valence-electron chi connectivity index (χ2n) is 14.2. The molecule has 270 valence electrons. The van der Waals surface area contributed by atoms with Gasteiger partial charge in [0.15, 0.2) is 17.5 Å². The van der Waals surface area contributed by atoms with Crippen molar-refractivity contribution in [3.05, 3.63) is 182 Å². The molecular formula is C51H29N5S2. The second kappa shape index (κ2) is 14.0. The molecule has 0 aliphatic carbocycles. The zero-order valence-corrected chi connectivity index (χ0v) is 32.4. The van der Waals surface area contributed by atoms with Crippen LogP contribution in [0.3, 0.4) is 0 Å². The Kier molecular flexibility index (Phi) is 8.18. The Balaban J connectivity index is 1.14. The van der Waals surface area contributed by atoms with E-state index in [-0.39, 0.29) is 0 Å². The number of rotatable bonds is 6. The van der Waals surface area contributed by atoms with Crippen molar-refractivity contribution in [2.75, 3.05) is 0 Å². The lowest BCUT2D eigenvalue weighted by Gasteiger charge is -2.13. The Labute approximate surface area is 341 Å². The summed E-state index contributed by atoms with van der Waals surface area (Å²) in [7, 11) is 0. The molecule has 7 aromatic carbocycles. The van der Waals surface area contributed by atoms with Crippen LogP contribution in [0.25, 0.3) is 108 Å². The van der Waals surface area contributed by atoms with E-state index in [1.54, 1.807) is 18.3 Å². The average molecular weight is 776 g/mol. The van der Waals surface area contributed by atoms with Crippen LogP contribution in [-0.4, -0.2) is 19.9 Å². The van der Waals surface area contributed by atoms with Crippen LogP contribution in [0, 0.1) is 11.3 Å². The van der Waals surface area contributed by atoms with Crippen molar-refractivity contribution >= 4 is 63.0 Å². The molecule has 5 nitrogen and oxygen atoms in total. The molecule has 11 aromatic rings. The summed E-state index contributed by atoms with van der Waals surface area (Å²) in [6.07, 6.45) is 3.64. The topological polar surface area (TPSA) is 75.3 Å². The molecule has 0 amide bonds. The fourth-order valence-corrected chi connectivity index (χ4v) is 9.90. The first-order chi connectivity index (χ1) is 28.6. The third kappa shape index (κ3) is 6.09. The lowest BCUT2D eigenvalue weighted by atomic mass is 9.94. The van der Waals surface area contributed by atoms with Gasteiger partial charge in [-0.2, -0.15) is 5.26 Å². The van der Waals surface area contributed by atoms with Crippen molar-refractivity contribution in [3.8, 4) is 73.6 Å². The molecule has 0 aliphatic heterocycles. The maximum absolute atomic E-state index is 9.55. The minimum Gasteiger partial charge on any atom is -0.264 e. The van der Waals surface area contributed by atoms with Crippen molar-refractivity contribution in [2.45, 2.75) is 0 Å². The number of pyridine rings is 1. The van der Waals surface area contributed by atoms with Crippen LogP contribution < -0.4 is 0 Å². The van der Waals surface area contributed by atoms with Crippen LogP contribution in [0.2, 0.25) is 0 Å².